The molecule has 0 bridgehead atoms. The summed E-state index contributed by atoms with van der Waals surface area (Å²) in [7, 11) is 0. The van der Waals surface area contributed by atoms with Crippen LogP contribution in [0.15, 0.2) is 54.6 Å². The van der Waals surface area contributed by atoms with Gasteiger partial charge in [0.05, 0.1) is 6.61 Å². The van der Waals surface area contributed by atoms with Gasteiger partial charge in [0.25, 0.3) is 5.91 Å². The van der Waals surface area contributed by atoms with Crippen molar-refractivity contribution in [3.63, 3.8) is 0 Å². The summed E-state index contributed by atoms with van der Waals surface area (Å²) in [5.74, 6) is 1.46. The summed E-state index contributed by atoms with van der Waals surface area (Å²) >= 11 is 5.89. The topological polar surface area (TPSA) is 59.1 Å². The molecule has 0 N–H and O–H groups in total. The lowest BCUT2D eigenvalue weighted by Crippen LogP contribution is -2.43. The largest absolute Gasteiger partial charge is 0.494 e. The Labute approximate surface area is 188 Å². The van der Waals surface area contributed by atoms with Crippen molar-refractivity contribution in [3.05, 3.63) is 59.6 Å². The van der Waals surface area contributed by atoms with Crippen LogP contribution in [0.1, 0.15) is 26.2 Å². The molecule has 0 spiro atoms. The second-order valence-corrected chi connectivity index (χ2v) is 7.98. The molecule has 6 nitrogen and oxygen atoms in total. The normalized spacial score (nSPS) is 15.2. The SMILES string of the molecule is CC(Oc1ccc(Cl)cc1)C(=O)N1CCCN(C(=O)CCCOc2ccccc2)CC1. The third-order valence-corrected chi connectivity index (χ3v) is 5.43. The van der Waals surface area contributed by atoms with E-state index in [2.05, 4.69) is 0 Å². The monoisotopic (exact) mass is 444 g/mol. The van der Waals surface area contributed by atoms with Gasteiger partial charge in [-0.15, -0.1) is 0 Å². The minimum atomic E-state index is -0.599. The van der Waals surface area contributed by atoms with Gasteiger partial charge in [0.15, 0.2) is 6.10 Å². The van der Waals surface area contributed by atoms with Crippen molar-refractivity contribution < 1.29 is 19.1 Å². The second-order valence-electron chi connectivity index (χ2n) is 7.54. The van der Waals surface area contributed by atoms with Gasteiger partial charge < -0.3 is 19.3 Å². The fourth-order valence-electron chi connectivity index (χ4n) is 3.50. The first-order chi connectivity index (χ1) is 15.0. The molecule has 3 rings (SSSR count). The molecular weight excluding hydrogens is 416 g/mol. The first-order valence-corrected chi connectivity index (χ1v) is 11.1. The van der Waals surface area contributed by atoms with Gasteiger partial charge in [0.2, 0.25) is 5.91 Å². The Kier molecular flexibility index (Phi) is 8.59. The molecule has 1 atom stereocenters. The predicted octanol–water partition coefficient (Wildman–Crippen LogP) is 4.03. The minimum absolute atomic E-state index is 0.0690. The lowest BCUT2D eigenvalue weighted by molar-refractivity contribution is -0.138. The summed E-state index contributed by atoms with van der Waals surface area (Å²) in [5.41, 5.74) is 0. The van der Waals surface area contributed by atoms with E-state index in [9.17, 15) is 9.59 Å². The van der Waals surface area contributed by atoms with Crippen LogP contribution < -0.4 is 9.47 Å². The number of rotatable bonds is 8. The number of carbonyl (C=O) groups is 2. The zero-order valence-corrected chi connectivity index (χ0v) is 18.6. The summed E-state index contributed by atoms with van der Waals surface area (Å²) in [6, 6.07) is 16.5. The lowest BCUT2D eigenvalue weighted by atomic mass is 10.2. The molecule has 31 heavy (non-hydrogen) atoms. The van der Waals surface area contributed by atoms with Gasteiger partial charge in [-0.3, -0.25) is 9.59 Å². The van der Waals surface area contributed by atoms with Crippen molar-refractivity contribution in [1.29, 1.82) is 0 Å². The van der Waals surface area contributed by atoms with Crippen molar-refractivity contribution >= 4 is 23.4 Å². The van der Waals surface area contributed by atoms with Crippen LogP contribution in [0, 0.1) is 0 Å². The predicted molar refractivity (Wildman–Crippen MR) is 120 cm³/mol. The minimum Gasteiger partial charge on any atom is -0.494 e. The number of carbonyl (C=O) groups excluding carboxylic acids is 2. The Morgan fingerprint density at radius 2 is 1.61 bits per heavy atom. The average molecular weight is 445 g/mol. The maximum absolute atomic E-state index is 12.8. The summed E-state index contributed by atoms with van der Waals surface area (Å²) in [4.78, 5) is 29.0. The highest BCUT2D eigenvalue weighted by Crippen LogP contribution is 2.18. The van der Waals surface area contributed by atoms with Crippen LogP contribution >= 0.6 is 11.6 Å². The smallest absolute Gasteiger partial charge is 0.263 e. The van der Waals surface area contributed by atoms with E-state index >= 15 is 0 Å². The molecule has 0 aliphatic carbocycles. The molecule has 1 heterocycles. The highest BCUT2D eigenvalue weighted by molar-refractivity contribution is 6.30. The Morgan fingerprint density at radius 3 is 2.35 bits per heavy atom. The zero-order valence-electron chi connectivity index (χ0n) is 17.8. The molecule has 0 aromatic heterocycles. The summed E-state index contributed by atoms with van der Waals surface area (Å²) < 4.78 is 11.4. The molecule has 2 aromatic rings. The second kappa shape index (κ2) is 11.6. The van der Waals surface area contributed by atoms with E-state index in [-0.39, 0.29) is 11.8 Å². The van der Waals surface area contributed by atoms with Gasteiger partial charge in [-0.25, -0.2) is 0 Å². The molecule has 0 saturated carbocycles. The molecule has 1 unspecified atom stereocenters. The van der Waals surface area contributed by atoms with E-state index in [1.165, 1.54) is 0 Å². The van der Waals surface area contributed by atoms with Crippen molar-refractivity contribution in [2.24, 2.45) is 0 Å². The third kappa shape index (κ3) is 7.17. The number of hydrogen-bond acceptors (Lipinski definition) is 4. The van der Waals surface area contributed by atoms with E-state index in [0.29, 0.717) is 56.4 Å². The van der Waals surface area contributed by atoms with Crippen molar-refractivity contribution in [2.45, 2.75) is 32.3 Å². The number of para-hydroxylation sites is 1. The molecular formula is C24H29ClN2O4. The molecule has 166 valence electrons. The molecule has 2 aromatic carbocycles. The Balaban J connectivity index is 1.40. The van der Waals surface area contributed by atoms with Gasteiger partial charge in [-0.2, -0.15) is 0 Å². The first kappa shape index (κ1) is 22.9. The van der Waals surface area contributed by atoms with E-state index < -0.39 is 6.10 Å². The van der Waals surface area contributed by atoms with Crippen LogP contribution in [0.3, 0.4) is 0 Å². The van der Waals surface area contributed by atoms with Gasteiger partial charge in [0.1, 0.15) is 11.5 Å². The van der Waals surface area contributed by atoms with E-state index in [4.69, 9.17) is 21.1 Å². The van der Waals surface area contributed by atoms with Crippen LogP contribution in [-0.2, 0) is 9.59 Å². The van der Waals surface area contributed by atoms with Gasteiger partial charge in [-0.05, 0) is 56.2 Å². The molecule has 0 radical (unpaired) electrons. The van der Waals surface area contributed by atoms with Gasteiger partial charge >= 0.3 is 0 Å². The van der Waals surface area contributed by atoms with E-state index in [0.717, 1.165) is 12.2 Å². The maximum Gasteiger partial charge on any atom is 0.263 e. The number of benzene rings is 2. The maximum atomic E-state index is 12.8. The summed E-state index contributed by atoms with van der Waals surface area (Å²) in [6.07, 6.45) is 1.26. The van der Waals surface area contributed by atoms with E-state index in [1.54, 1.807) is 36.1 Å². The van der Waals surface area contributed by atoms with Crippen LogP contribution in [0.2, 0.25) is 5.02 Å². The number of ether oxygens (including phenoxy) is 2. The van der Waals surface area contributed by atoms with Crippen LogP contribution in [0.4, 0.5) is 0 Å². The molecule has 1 aliphatic heterocycles. The van der Waals surface area contributed by atoms with Gasteiger partial charge in [-0.1, -0.05) is 29.8 Å². The van der Waals surface area contributed by atoms with Crippen LogP contribution in [0.25, 0.3) is 0 Å². The number of halogens is 1. The highest BCUT2D eigenvalue weighted by Gasteiger charge is 2.26. The van der Waals surface area contributed by atoms with Crippen LogP contribution in [0.5, 0.6) is 11.5 Å². The molecule has 1 aliphatic rings. The molecule has 2 amide bonds. The van der Waals surface area contributed by atoms with Gasteiger partial charge in [0, 0.05) is 37.6 Å². The fraction of sp³-hybridized carbons (Fsp3) is 0.417. The number of amides is 2. The lowest BCUT2D eigenvalue weighted by Gasteiger charge is -2.25. The van der Waals surface area contributed by atoms with Crippen molar-refractivity contribution in [3.8, 4) is 11.5 Å². The first-order valence-electron chi connectivity index (χ1n) is 10.7. The standard InChI is InChI=1S/C24H29ClN2O4/c1-19(31-22-12-10-20(25)11-13-22)24(29)27-15-6-14-26(16-17-27)23(28)9-5-18-30-21-7-3-2-4-8-21/h2-4,7-8,10-13,19H,5-6,9,14-18H2,1H3. The highest BCUT2D eigenvalue weighted by atomic mass is 35.5. The zero-order chi connectivity index (χ0) is 22.1. The Morgan fingerprint density at radius 1 is 0.935 bits per heavy atom. The van der Waals surface area contributed by atoms with E-state index in [1.807, 2.05) is 35.2 Å². The molecule has 7 heteroatoms. The quantitative estimate of drug-likeness (QED) is 0.577. The third-order valence-electron chi connectivity index (χ3n) is 5.18. The van der Waals surface area contributed by atoms with Crippen molar-refractivity contribution in [2.75, 3.05) is 32.8 Å². The molecule has 1 saturated heterocycles. The Bertz CT molecular complexity index is 844. The van der Waals surface area contributed by atoms with Crippen LogP contribution in [-0.4, -0.2) is 60.5 Å². The fourth-order valence-corrected chi connectivity index (χ4v) is 3.63. The van der Waals surface area contributed by atoms with Crippen molar-refractivity contribution in [1.82, 2.24) is 9.80 Å². The number of nitrogens with zero attached hydrogens (tertiary/aromatic N) is 2. The summed E-state index contributed by atoms with van der Waals surface area (Å²) in [5, 5.41) is 0.621. The number of hydrogen-bond donors (Lipinski definition) is 0. The summed E-state index contributed by atoms with van der Waals surface area (Å²) in [6.45, 7) is 4.59. The average Bonchev–Trinajstić information content (AvgIpc) is 3.05. The molecule has 1 fully saturated rings. The Hall–Kier alpha value is -2.73.